The van der Waals surface area contributed by atoms with E-state index in [1.54, 1.807) is 19.1 Å². The highest BCUT2D eigenvalue weighted by Gasteiger charge is 2.13. The van der Waals surface area contributed by atoms with Crippen LogP contribution in [0.1, 0.15) is 40.9 Å². The Balaban J connectivity index is 1.97. The van der Waals surface area contributed by atoms with Crippen molar-refractivity contribution in [2.75, 3.05) is 19.8 Å². The second-order valence-corrected chi connectivity index (χ2v) is 8.25. The van der Waals surface area contributed by atoms with Crippen molar-refractivity contribution < 1.29 is 19.1 Å². The Hall–Kier alpha value is -2.77. The van der Waals surface area contributed by atoms with E-state index in [2.05, 4.69) is 4.99 Å². The number of amides is 1. The summed E-state index contributed by atoms with van der Waals surface area (Å²) >= 11 is 1.39. The minimum atomic E-state index is -0.358. The van der Waals surface area contributed by atoms with Crippen molar-refractivity contribution in [3.63, 3.8) is 0 Å². The van der Waals surface area contributed by atoms with Crippen molar-refractivity contribution in [3.05, 3.63) is 63.5 Å². The van der Waals surface area contributed by atoms with E-state index in [0.717, 1.165) is 21.3 Å². The minimum Gasteiger partial charge on any atom is -0.462 e. The Kier molecular flexibility index (Phi) is 7.76. The van der Waals surface area contributed by atoms with Crippen LogP contribution in [0.2, 0.25) is 0 Å². The molecule has 0 aliphatic heterocycles. The van der Waals surface area contributed by atoms with Crippen molar-refractivity contribution in [2.24, 2.45) is 4.99 Å². The molecule has 1 aromatic heterocycles. The summed E-state index contributed by atoms with van der Waals surface area (Å²) in [5.41, 5.74) is 4.70. The zero-order valence-corrected chi connectivity index (χ0v) is 19.3. The van der Waals surface area contributed by atoms with Crippen LogP contribution in [-0.4, -0.2) is 36.3 Å². The van der Waals surface area contributed by atoms with Gasteiger partial charge in [-0.05, 0) is 62.6 Å². The molecule has 0 N–H and O–H groups in total. The monoisotopic (exact) mass is 440 g/mol. The Morgan fingerprint density at radius 2 is 1.84 bits per heavy atom. The average molecular weight is 441 g/mol. The van der Waals surface area contributed by atoms with Crippen molar-refractivity contribution in [3.8, 4) is 0 Å². The zero-order valence-electron chi connectivity index (χ0n) is 18.4. The lowest BCUT2D eigenvalue weighted by Crippen LogP contribution is -2.20. The molecule has 3 aromatic rings. The second kappa shape index (κ2) is 10.5. The topological polar surface area (TPSA) is 69.9 Å². The van der Waals surface area contributed by atoms with E-state index in [4.69, 9.17) is 9.47 Å². The van der Waals surface area contributed by atoms with Crippen LogP contribution in [0, 0.1) is 13.8 Å². The summed E-state index contributed by atoms with van der Waals surface area (Å²) in [6, 6.07) is 11.4. The molecule has 1 amide bonds. The van der Waals surface area contributed by atoms with E-state index in [1.807, 2.05) is 49.6 Å². The van der Waals surface area contributed by atoms with Crippen LogP contribution < -0.4 is 4.80 Å². The molecule has 0 unspecified atom stereocenters. The minimum absolute atomic E-state index is 0.203. The highest BCUT2D eigenvalue weighted by Crippen LogP contribution is 2.20. The summed E-state index contributed by atoms with van der Waals surface area (Å²) < 4.78 is 13.5. The van der Waals surface area contributed by atoms with Crippen molar-refractivity contribution in [1.82, 2.24) is 4.57 Å². The molecule has 0 fully saturated rings. The molecule has 164 valence electrons. The van der Waals surface area contributed by atoms with Gasteiger partial charge in [0, 0.05) is 13.2 Å². The molecule has 31 heavy (non-hydrogen) atoms. The van der Waals surface area contributed by atoms with Gasteiger partial charge >= 0.3 is 5.97 Å². The Labute approximate surface area is 186 Å². The van der Waals surface area contributed by atoms with Crippen LogP contribution >= 0.6 is 11.3 Å². The fourth-order valence-electron chi connectivity index (χ4n) is 3.25. The summed E-state index contributed by atoms with van der Waals surface area (Å²) in [6.45, 7) is 9.84. The number of esters is 1. The van der Waals surface area contributed by atoms with Crippen LogP contribution in [0.15, 0.2) is 41.4 Å². The summed E-state index contributed by atoms with van der Waals surface area (Å²) in [6.07, 6.45) is 0.245. The number of thiazole rings is 1. The van der Waals surface area contributed by atoms with E-state index < -0.39 is 0 Å². The number of fused-ring (bicyclic) bond motifs is 1. The van der Waals surface area contributed by atoms with Gasteiger partial charge in [0.1, 0.15) is 0 Å². The molecule has 0 radical (unpaired) electrons. The van der Waals surface area contributed by atoms with E-state index >= 15 is 0 Å². The molecule has 0 atom stereocenters. The maximum Gasteiger partial charge on any atom is 0.338 e. The molecule has 0 saturated heterocycles. The number of benzene rings is 2. The van der Waals surface area contributed by atoms with Gasteiger partial charge in [0.15, 0.2) is 4.80 Å². The van der Waals surface area contributed by atoms with E-state index in [1.165, 1.54) is 16.9 Å². The number of carbonyl (C=O) groups is 2. The van der Waals surface area contributed by atoms with Gasteiger partial charge in [-0.3, -0.25) is 4.79 Å². The number of hydrogen-bond acceptors (Lipinski definition) is 5. The fraction of sp³-hybridized carbons (Fsp3) is 0.375. The van der Waals surface area contributed by atoms with Crippen molar-refractivity contribution in [2.45, 2.75) is 40.7 Å². The SMILES string of the molecule is CCOCCn1c(=NC(=O)Cc2ccc(C)c(C)c2)sc2cc(C(=O)OCC)ccc21. The zero-order chi connectivity index (χ0) is 22.4. The van der Waals surface area contributed by atoms with Crippen LogP contribution in [-0.2, 0) is 27.2 Å². The van der Waals surface area contributed by atoms with Crippen molar-refractivity contribution in [1.29, 1.82) is 0 Å². The first kappa shape index (κ1) is 22.9. The van der Waals surface area contributed by atoms with Crippen molar-refractivity contribution >= 4 is 33.4 Å². The molecule has 0 aliphatic carbocycles. The van der Waals surface area contributed by atoms with E-state index in [-0.39, 0.29) is 18.3 Å². The van der Waals surface area contributed by atoms with Gasteiger partial charge in [-0.2, -0.15) is 4.99 Å². The number of ether oxygens (including phenoxy) is 2. The van der Waals surface area contributed by atoms with Gasteiger partial charge in [0.05, 0.1) is 35.4 Å². The summed E-state index contributed by atoms with van der Waals surface area (Å²) in [4.78, 5) is 29.8. The lowest BCUT2D eigenvalue weighted by Gasteiger charge is -2.06. The number of rotatable bonds is 8. The molecule has 0 spiro atoms. The summed E-state index contributed by atoms with van der Waals surface area (Å²) in [5.74, 6) is -0.562. The predicted molar refractivity (Wildman–Crippen MR) is 122 cm³/mol. The van der Waals surface area contributed by atoms with Gasteiger partial charge in [-0.1, -0.05) is 29.5 Å². The molecule has 1 heterocycles. The third kappa shape index (κ3) is 5.68. The maximum atomic E-state index is 12.7. The molecule has 7 heteroatoms. The smallest absolute Gasteiger partial charge is 0.338 e. The molecular formula is C24H28N2O4S. The number of aryl methyl sites for hydroxylation is 2. The Morgan fingerprint density at radius 3 is 2.55 bits per heavy atom. The number of nitrogens with zero attached hydrogens (tertiary/aromatic N) is 2. The molecular weight excluding hydrogens is 412 g/mol. The third-order valence-corrected chi connectivity index (χ3v) is 6.05. The highest BCUT2D eigenvalue weighted by atomic mass is 32.1. The molecule has 0 saturated carbocycles. The summed E-state index contributed by atoms with van der Waals surface area (Å²) in [7, 11) is 0. The standard InChI is InChI=1S/C24H28N2O4S/c1-5-29-12-11-26-20-10-9-19(23(28)30-6-2)15-21(20)31-24(26)25-22(27)14-18-8-7-16(3)17(4)13-18/h7-10,13,15H,5-6,11-12,14H2,1-4H3. The van der Waals surface area contributed by atoms with Gasteiger partial charge in [-0.25, -0.2) is 4.79 Å². The normalized spacial score (nSPS) is 11.8. The molecule has 3 rings (SSSR count). The van der Waals surface area contributed by atoms with Gasteiger partial charge in [-0.15, -0.1) is 0 Å². The molecule has 0 aliphatic rings. The highest BCUT2D eigenvalue weighted by molar-refractivity contribution is 7.16. The largest absolute Gasteiger partial charge is 0.462 e. The Bertz CT molecular complexity index is 1160. The first-order valence-corrected chi connectivity index (χ1v) is 11.3. The third-order valence-electron chi connectivity index (χ3n) is 5.00. The van der Waals surface area contributed by atoms with Crippen LogP contribution in [0.25, 0.3) is 10.2 Å². The first-order valence-electron chi connectivity index (χ1n) is 10.4. The summed E-state index contributed by atoms with van der Waals surface area (Å²) in [5, 5.41) is 0. The van der Waals surface area contributed by atoms with Crippen LogP contribution in [0.3, 0.4) is 0 Å². The molecule has 2 aromatic carbocycles. The second-order valence-electron chi connectivity index (χ2n) is 7.24. The maximum absolute atomic E-state index is 12.7. The number of aromatic nitrogens is 1. The number of hydrogen-bond donors (Lipinski definition) is 0. The average Bonchev–Trinajstić information content (AvgIpc) is 3.07. The van der Waals surface area contributed by atoms with E-state index in [0.29, 0.717) is 36.7 Å². The lowest BCUT2D eigenvalue weighted by molar-refractivity contribution is -0.117. The first-order chi connectivity index (χ1) is 14.9. The van der Waals surface area contributed by atoms with Crippen LogP contribution in [0.5, 0.6) is 0 Å². The molecule has 0 bridgehead atoms. The lowest BCUT2D eigenvalue weighted by atomic mass is 10.0. The molecule has 6 nitrogen and oxygen atoms in total. The van der Waals surface area contributed by atoms with Crippen LogP contribution in [0.4, 0.5) is 0 Å². The van der Waals surface area contributed by atoms with Gasteiger partial charge in [0.2, 0.25) is 0 Å². The quantitative estimate of drug-likeness (QED) is 0.389. The van der Waals surface area contributed by atoms with Gasteiger partial charge in [0.25, 0.3) is 5.91 Å². The Morgan fingerprint density at radius 1 is 1.03 bits per heavy atom. The number of carbonyl (C=O) groups excluding carboxylic acids is 2. The van der Waals surface area contributed by atoms with Gasteiger partial charge < -0.3 is 14.0 Å². The predicted octanol–water partition coefficient (Wildman–Crippen LogP) is 4.20. The fourth-order valence-corrected chi connectivity index (χ4v) is 4.36. The van der Waals surface area contributed by atoms with E-state index in [9.17, 15) is 9.59 Å².